The first-order valence-electron chi connectivity index (χ1n) is 7.94. The highest BCUT2D eigenvalue weighted by molar-refractivity contribution is 7.18. The van der Waals surface area contributed by atoms with E-state index in [1.807, 2.05) is 6.92 Å². The van der Waals surface area contributed by atoms with Gasteiger partial charge < -0.3 is 10.6 Å². The summed E-state index contributed by atoms with van der Waals surface area (Å²) in [4.78, 5) is 11.4. The third-order valence-corrected chi connectivity index (χ3v) is 5.31. The van der Waals surface area contributed by atoms with Gasteiger partial charge in [0.05, 0.1) is 11.1 Å². The summed E-state index contributed by atoms with van der Waals surface area (Å²) < 4.78 is 0. The Morgan fingerprint density at radius 1 is 1.39 bits per heavy atom. The van der Waals surface area contributed by atoms with Gasteiger partial charge in [-0.05, 0) is 38.4 Å². The fraction of sp³-hybridized carbons (Fsp3) is 0.438. The minimum atomic E-state index is 0.257. The molecular formula is C16H20N6S. The van der Waals surface area contributed by atoms with Gasteiger partial charge >= 0.3 is 0 Å². The van der Waals surface area contributed by atoms with Gasteiger partial charge in [-0.1, -0.05) is 0 Å². The smallest absolute Gasteiger partial charge is 0.138 e. The number of fused-ring (bicyclic) bond motifs is 3. The molecule has 0 fully saturated rings. The summed E-state index contributed by atoms with van der Waals surface area (Å²) in [7, 11) is 0. The van der Waals surface area contributed by atoms with Crippen molar-refractivity contribution in [3.63, 3.8) is 0 Å². The second-order valence-corrected chi connectivity index (χ2v) is 7.21. The van der Waals surface area contributed by atoms with Crippen LogP contribution in [0.2, 0.25) is 0 Å². The molecule has 0 bridgehead atoms. The Hall–Kier alpha value is -1.99. The van der Waals surface area contributed by atoms with E-state index in [9.17, 15) is 0 Å². The quantitative estimate of drug-likeness (QED) is 0.685. The Kier molecular flexibility index (Phi) is 3.74. The van der Waals surface area contributed by atoms with Gasteiger partial charge in [-0.25, -0.2) is 9.97 Å². The molecule has 120 valence electrons. The normalized spacial score (nSPS) is 15.6. The summed E-state index contributed by atoms with van der Waals surface area (Å²) in [6.07, 6.45) is 3.57. The number of nitrogens with zero attached hydrogens (tertiary/aromatic N) is 3. The number of aromatic nitrogens is 4. The van der Waals surface area contributed by atoms with Crippen molar-refractivity contribution in [1.29, 1.82) is 0 Å². The van der Waals surface area contributed by atoms with Crippen LogP contribution in [0.1, 0.15) is 28.8 Å². The van der Waals surface area contributed by atoms with Crippen molar-refractivity contribution in [2.45, 2.75) is 39.3 Å². The van der Waals surface area contributed by atoms with Crippen molar-refractivity contribution >= 4 is 27.4 Å². The highest BCUT2D eigenvalue weighted by atomic mass is 32.1. The fourth-order valence-electron chi connectivity index (χ4n) is 3.15. The number of hydrogen-bond acceptors (Lipinski definition) is 6. The van der Waals surface area contributed by atoms with Crippen LogP contribution in [-0.4, -0.2) is 32.8 Å². The first-order chi connectivity index (χ1) is 11.2. The standard InChI is InChI=1S/C16H20N6S/c1-9(5-11-6-10(2)21-22-11)20-15-14-12-3-4-17-7-13(12)23-16(14)19-8-18-15/h6,8-9,17H,3-5,7H2,1-2H3,(H,21,22)(H,18,19,20). The molecule has 1 atom stereocenters. The monoisotopic (exact) mass is 328 g/mol. The van der Waals surface area contributed by atoms with Gasteiger partial charge in [0.1, 0.15) is 17.0 Å². The number of H-pyrrole nitrogens is 1. The van der Waals surface area contributed by atoms with Gasteiger partial charge in [0, 0.05) is 29.6 Å². The molecule has 4 heterocycles. The van der Waals surface area contributed by atoms with Crippen molar-refractivity contribution in [3.8, 4) is 0 Å². The molecule has 0 saturated heterocycles. The van der Waals surface area contributed by atoms with Gasteiger partial charge in [-0.2, -0.15) is 5.10 Å². The zero-order valence-electron chi connectivity index (χ0n) is 13.3. The van der Waals surface area contributed by atoms with Crippen molar-refractivity contribution in [3.05, 3.63) is 34.2 Å². The first kappa shape index (κ1) is 14.6. The van der Waals surface area contributed by atoms with E-state index in [0.29, 0.717) is 0 Å². The van der Waals surface area contributed by atoms with E-state index >= 15 is 0 Å². The highest BCUT2D eigenvalue weighted by Gasteiger charge is 2.20. The van der Waals surface area contributed by atoms with E-state index < -0.39 is 0 Å². The maximum absolute atomic E-state index is 4.51. The number of anilines is 1. The fourth-order valence-corrected chi connectivity index (χ4v) is 4.30. The van der Waals surface area contributed by atoms with Crippen molar-refractivity contribution in [2.75, 3.05) is 11.9 Å². The summed E-state index contributed by atoms with van der Waals surface area (Å²) in [6.45, 7) is 6.15. The Balaban J connectivity index is 1.62. The zero-order chi connectivity index (χ0) is 15.8. The summed E-state index contributed by atoms with van der Waals surface area (Å²) in [6, 6.07) is 2.35. The van der Waals surface area contributed by atoms with Crippen molar-refractivity contribution in [1.82, 2.24) is 25.5 Å². The predicted molar refractivity (Wildman–Crippen MR) is 92.9 cm³/mol. The number of rotatable bonds is 4. The minimum Gasteiger partial charge on any atom is -0.367 e. The van der Waals surface area contributed by atoms with Gasteiger partial charge in [-0.15, -0.1) is 11.3 Å². The number of aryl methyl sites for hydroxylation is 1. The van der Waals surface area contributed by atoms with Crippen LogP contribution >= 0.6 is 11.3 Å². The molecule has 0 aromatic carbocycles. The van der Waals surface area contributed by atoms with Crippen molar-refractivity contribution in [2.24, 2.45) is 0 Å². The Morgan fingerprint density at radius 3 is 3.13 bits per heavy atom. The lowest BCUT2D eigenvalue weighted by Gasteiger charge is -2.16. The Bertz CT molecular complexity index is 836. The van der Waals surface area contributed by atoms with Gasteiger partial charge in [0.15, 0.2) is 0 Å². The third kappa shape index (κ3) is 2.82. The maximum atomic E-state index is 4.51. The minimum absolute atomic E-state index is 0.257. The SMILES string of the molecule is Cc1cc(CC(C)Nc2ncnc3sc4c(c23)CCNC4)n[nH]1. The van der Waals surface area contributed by atoms with Crippen LogP contribution in [0.5, 0.6) is 0 Å². The molecule has 6 nitrogen and oxygen atoms in total. The second kappa shape index (κ2) is 5.90. The summed E-state index contributed by atoms with van der Waals surface area (Å²) >= 11 is 1.78. The number of thiophene rings is 1. The Labute approximate surface area is 138 Å². The molecule has 3 aromatic heterocycles. The number of nitrogens with one attached hydrogen (secondary N) is 3. The lowest BCUT2D eigenvalue weighted by Crippen LogP contribution is -2.23. The second-order valence-electron chi connectivity index (χ2n) is 6.12. The number of aromatic amines is 1. The van der Waals surface area contributed by atoms with Crippen LogP contribution < -0.4 is 10.6 Å². The van der Waals surface area contributed by atoms with Gasteiger partial charge in [-0.3, -0.25) is 5.10 Å². The molecule has 7 heteroatoms. The topological polar surface area (TPSA) is 78.5 Å². The molecule has 1 unspecified atom stereocenters. The van der Waals surface area contributed by atoms with E-state index in [0.717, 1.165) is 48.0 Å². The molecule has 0 saturated carbocycles. The average molecular weight is 328 g/mol. The lowest BCUT2D eigenvalue weighted by molar-refractivity contribution is 0.657. The van der Waals surface area contributed by atoms with E-state index in [4.69, 9.17) is 0 Å². The molecular weight excluding hydrogens is 308 g/mol. The molecule has 23 heavy (non-hydrogen) atoms. The summed E-state index contributed by atoms with van der Waals surface area (Å²) in [5, 5.41) is 15.5. The predicted octanol–water partition coefficient (Wildman–Crippen LogP) is 2.41. The average Bonchev–Trinajstić information content (AvgIpc) is 3.11. The third-order valence-electron chi connectivity index (χ3n) is 4.17. The molecule has 3 N–H and O–H groups in total. The van der Waals surface area contributed by atoms with Crippen LogP contribution in [0.3, 0.4) is 0 Å². The molecule has 0 amide bonds. The summed E-state index contributed by atoms with van der Waals surface area (Å²) in [5.74, 6) is 0.953. The van der Waals surface area contributed by atoms with E-state index in [1.54, 1.807) is 17.7 Å². The molecule has 1 aliphatic heterocycles. The van der Waals surface area contributed by atoms with Crippen LogP contribution in [0.15, 0.2) is 12.4 Å². The van der Waals surface area contributed by atoms with Gasteiger partial charge in [0.25, 0.3) is 0 Å². The molecule has 0 radical (unpaired) electrons. The maximum Gasteiger partial charge on any atom is 0.138 e. The van der Waals surface area contributed by atoms with Gasteiger partial charge in [0.2, 0.25) is 0 Å². The zero-order valence-corrected chi connectivity index (χ0v) is 14.1. The van der Waals surface area contributed by atoms with E-state index in [2.05, 4.69) is 43.8 Å². The van der Waals surface area contributed by atoms with E-state index in [1.165, 1.54) is 15.8 Å². The largest absolute Gasteiger partial charge is 0.367 e. The van der Waals surface area contributed by atoms with Crippen LogP contribution in [-0.2, 0) is 19.4 Å². The molecule has 0 aliphatic carbocycles. The highest BCUT2D eigenvalue weighted by Crippen LogP contribution is 2.35. The summed E-state index contributed by atoms with van der Waals surface area (Å²) in [5.41, 5.74) is 3.58. The van der Waals surface area contributed by atoms with Crippen LogP contribution in [0.25, 0.3) is 10.2 Å². The molecule has 1 aliphatic rings. The van der Waals surface area contributed by atoms with E-state index in [-0.39, 0.29) is 6.04 Å². The molecule has 3 aromatic rings. The van der Waals surface area contributed by atoms with Crippen LogP contribution in [0, 0.1) is 6.92 Å². The molecule has 0 spiro atoms. The van der Waals surface area contributed by atoms with Crippen LogP contribution in [0.4, 0.5) is 5.82 Å². The lowest BCUT2D eigenvalue weighted by atomic mass is 10.1. The first-order valence-corrected chi connectivity index (χ1v) is 8.75. The molecule has 4 rings (SSSR count). The Morgan fingerprint density at radius 2 is 2.30 bits per heavy atom. The number of hydrogen-bond donors (Lipinski definition) is 3. The van der Waals surface area contributed by atoms with Crippen molar-refractivity contribution < 1.29 is 0 Å².